The Kier molecular flexibility index (Phi) is 5.69. The van der Waals surface area contributed by atoms with Crippen molar-refractivity contribution in [2.75, 3.05) is 17.8 Å². The van der Waals surface area contributed by atoms with Gasteiger partial charge in [-0.3, -0.25) is 14.3 Å². The average Bonchev–Trinajstić information content (AvgIpc) is 2.81. The van der Waals surface area contributed by atoms with Crippen molar-refractivity contribution in [2.24, 2.45) is 5.92 Å². The minimum Gasteiger partial charge on any atom is -0.338 e. The van der Waals surface area contributed by atoms with Crippen LogP contribution in [0.4, 0.5) is 10.1 Å². The molecule has 1 fully saturated rings. The second kappa shape index (κ2) is 8.56. The molecule has 2 bridgehead atoms. The highest BCUT2D eigenvalue weighted by Gasteiger charge is 2.37. The van der Waals surface area contributed by atoms with Crippen LogP contribution in [0.3, 0.4) is 0 Å². The number of likely N-dealkylation sites (tertiary alicyclic amines) is 1. The highest BCUT2D eigenvalue weighted by molar-refractivity contribution is 7.92. The molecule has 0 aliphatic carbocycles. The molecule has 7 nitrogen and oxygen atoms in total. The van der Waals surface area contributed by atoms with E-state index in [2.05, 4.69) is 4.72 Å². The topological polar surface area (TPSA) is 88.5 Å². The summed E-state index contributed by atoms with van der Waals surface area (Å²) in [5, 5.41) is 0.409. The maximum absolute atomic E-state index is 13.2. The molecule has 1 amide bonds. The Balaban J connectivity index is 1.39. The number of aromatic nitrogens is 1. The number of amides is 1. The molecule has 3 heterocycles. The minimum atomic E-state index is -3.95. The number of piperidine rings is 1. The van der Waals surface area contributed by atoms with Gasteiger partial charge in [-0.1, -0.05) is 11.6 Å². The van der Waals surface area contributed by atoms with Gasteiger partial charge < -0.3 is 9.47 Å². The third kappa shape index (κ3) is 4.21. The van der Waals surface area contributed by atoms with Gasteiger partial charge in [0.05, 0.1) is 4.90 Å². The predicted molar refractivity (Wildman–Crippen MR) is 126 cm³/mol. The molecule has 2 aromatic carbocycles. The van der Waals surface area contributed by atoms with Crippen molar-refractivity contribution in [3.8, 4) is 0 Å². The SMILES string of the molecule is O=C(c1ccc(F)cc1)N1C[C@H]2C[C@H](C1)c1ccc(NS(=O)(=O)c3ccc(Cl)cc3)c(=O)n1C2. The van der Waals surface area contributed by atoms with Crippen LogP contribution in [0.2, 0.25) is 5.02 Å². The molecule has 10 heteroatoms. The maximum atomic E-state index is 13.2. The molecule has 0 saturated carbocycles. The molecule has 5 rings (SSSR count). The zero-order valence-corrected chi connectivity index (χ0v) is 19.5. The first-order chi connectivity index (χ1) is 16.2. The lowest BCUT2D eigenvalue weighted by Gasteiger charge is -2.43. The monoisotopic (exact) mass is 501 g/mol. The van der Waals surface area contributed by atoms with E-state index in [1.54, 1.807) is 15.5 Å². The summed E-state index contributed by atoms with van der Waals surface area (Å²) in [6.45, 7) is 1.29. The normalized spacial score (nSPS) is 19.4. The van der Waals surface area contributed by atoms with Crippen LogP contribution < -0.4 is 10.3 Å². The standard InChI is InChI=1S/C24H21ClFN3O4S/c25-18-3-7-20(8-4-18)34(32,33)27-21-9-10-22-17-11-15(13-29(22)24(21)31)12-28(14-17)23(30)16-1-5-19(26)6-2-16/h1-10,15,17,27H,11-14H2/t15-,17-/m1/s1. The van der Waals surface area contributed by atoms with Crippen LogP contribution >= 0.6 is 11.6 Å². The predicted octanol–water partition coefficient (Wildman–Crippen LogP) is 3.70. The van der Waals surface area contributed by atoms with E-state index in [9.17, 15) is 22.4 Å². The first-order valence-corrected chi connectivity index (χ1v) is 12.6. The van der Waals surface area contributed by atoms with Crippen LogP contribution in [0.15, 0.2) is 70.4 Å². The van der Waals surface area contributed by atoms with E-state index in [1.165, 1.54) is 54.6 Å². The summed E-state index contributed by atoms with van der Waals surface area (Å²) >= 11 is 5.84. The van der Waals surface area contributed by atoms with Gasteiger partial charge in [0.1, 0.15) is 11.5 Å². The molecule has 34 heavy (non-hydrogen) atoms. The lowest BCUT2D eigenvalue weighted by molar-refractivity contribution is 0.0594. The number of halogens is 2. The van der Waals surface area contributed by atoms with Crippen LogP contribution in [0.25, 0.3) is 0 Å². The Bertz CT molecular complexity index is 1420. The minimum absolute atomic E-state index is 0.00541. The molecule has 0 spiro atoms. The van der Waals surface area contributed by atoms with Crippen molar-refractivity contribution in [1.29, 1.82) is 0 Å². The zero-order valence-electron chi connectivity index (χ0n) is 17.9. The lowest BCUT2D eigenvalue weighted by atomic mass is 9.83. The summed E-state index contributed by atoms with van der Waals surface area (Å²) in [6, 6.07) is 14.4. The van der Waals surface area contributed by atoms with Crippen molar-refractivity contribution in [3.05, 3.63) is 93.1 Å². The molecule has 1 N–H and O–H groups in total. The number of hydrogen-bond donors (Lipinski definition) is 1. The second-order valence-corrected chi connectivity index (χ2v) is 10.8. The Morgan fingerprint density at radius 3 is 2.38 bits per heavy atom. The molecule has 2 aliphatic heterocycles. The number of sulfonamides is 1. The number of pyridine rings is 1. The van der Waals surface area contributed by atoms with Crippen molar-refractivity contribution in [1.82, 2.24) is 9.47 Å². The number of hydrogen-bond acceptors (Lipinski definition) is 4. The fraction of sp³-hybridized carbons (Fsp3) is 0.250. The Hall–Kier alpha value is -3.17. The molecule has 2 aliphatic rings. The van der Waals surface area contributed by atoms with Crippen LogP contribution in [0.5, 0.6) is 0 Å². The highest BCUT2D eigenvalue weighted by Crippen LogP contribution is 2.36. The van der Waals surface area contributed by atoms with E-state index in [-0.39, 0.29) is 28.3 Å². The van der Waals surface area contributed by atoms with Gasteiger partial charge in [-0.15, -0.1) is 0 Å². The van der Waals surface area contributed by atoms with Gasteiger partial charge in [0.25, 0.3) is 21.5 Å². The molecule has 176 valence electrons. The van der Waals surface area contributed by atoms with Crippen molar-refractivity contribution in [2.45, 2.75) is 23.8 Å². The van der Waals surface area contributed by atoms with E-state index in [1.807, 2.05) is 0 Å². The smallest absolute Gasteiger partial charge is 0.275 e. The zero-order chi connectivity index (χ0) is 24.0. The lowest BCUT2D eigenvalue weighted by Crippen LogP contribution is -2.49. The van der Waals surface area contributed by atoms with E-state index in [0.717, 1.165) is 12.1 Å². The number of nitrogens with zero attached hydrogens (tertiary/aromatic N) is 2. The average molecular weight is 502 g/mol. The molecule has 3 aromatic rings. The third-order valence-electron chi connectivity index (χ3n) is 6.35. The summed E-state index contributed by atoms with van der Waals surface area (Å²) in [6.07, 6.45) is 0.836. The van der Waals surface area contributed by atoms with Crippen molar-refractivity contribution in [3.63, 3.8) is 0 Å². The van der Waals surface area contributed by atoms with Crippen LogP contribution in [0, 0.1) is 11.7 Å². The summed E-state index contributed by atoms with van der Waals surface area (Å²) in [5.74, 6) is -0.566. The van der Waals surface area contributed by atoms with E-state index in [0.29, 0.717) is 30.2 Å². The summed E-state index contributed by atoms with van der Waals surface area (Å²) in [7, 11) is -3.95. The number of carbonyl (C=O) groups is 1. The molecular formula is C24H21ClFN3O4S. The fourth-order valence-corrected chi connectivity index (χ4v) is 5.96. The number of benzene rings is 2. The fourth-order valence-electron chi connectivity index (χ4n) is 4.78. The summed E-state index contributed by atoms with van der Waals surface area (Å²) in [4.78, 5) is 27.9. The second-order valence-electron chi connectivity index (χ2n) is 8.66. The van der Waals surface area contributed by atoms with Crippen molar-refractivity contribution >= 4 is 33.2 Å². The largest absolute Gasteiger partial charge is 0.338 e. The Labute approximate surface area is 200 Å². The van der Waals surface area contributed by atoms with E-state index >= 15 is 0 Å². The maximum Gasteiger partial charge on any atom is 0.275 e. The van der Waals surface area contributed by atoms with E-state index in [4.69, 9.17) is 11.6 Å². The first-order valence-electron chi connectivity index (χ1n) is 10.8. The Morgan fingerprint density at radius 1 is 0.971 bits per heavy atom. The van der Waals surface area contributed by atoms with Gasteiger partial charge in [-0.2, -0.15) is 0 Å². The van der Waals surface area contributed by atoms with Gasteiger partial charge in [-0.25, -0.2) is 12.8 Å². The molecular weight excluding hydrogens is 481 g/mol. The van der Waals surface area contributed by atoms with Gasteiger partial charge in [0, 0.05) is 41.8 Å². The highest BCUT2D eigenvalue weighted by atomic mass is 35.5. The van der Waals surface area contributed by atoms with Crippen LogP contribution in [0.1, 0.15) is 28.4 Å². The first kappa shape index (κ1) is 22.6. The van der Waals surface area contributed by atoms with Gasteiger partial charge >= 0.3 is 0 Å². The molecule has 0 radical (unpaired) electrons. The number of anilines is 1. The summed E-state index contributed by atoms with van der Waals surface area (Å²) < 4.78 is 42.7. The number of rotatable bonds is 4. The van der Waals surface area contributed by atoms with Crippen molar-refractivity contribution < 1.29 is 17.6 Å². The molecule has 0 unspecified atom stereocenters. The van der Waals surface area contributed by atoms with E-state index < -0.39 is 21.4 Å². The van der Waals surface area contributed by atoms with Crippen LogP contribution in [-0.4, -0.2) is 36.9 Å². The number of nitrogens with one attached hydrogen (secondary N) is 1. The van der Waals surface area contributed by atoms with Gasteiger partial charge in [0.15, 0.2) is 0 Å². The summed E-state index contributed by atoms with van der Waals surface area (Å²) in [5.41, 5.74) is 0.749. The molecule has 1 aromatic heterocycles. The van der Waals surface area contributed by atoms with Crippen LogP contribution in [-0.2, 0) is 16.6 Å². The molecule has 2 atom stereocenters. The third-order valence-corrected chi connectivity index (χ3v) is 7.98. The van der Waals surface area contributed by atoms with Gasteiger partial charge in [0.2, 0.25) is 0 Å². The molecule has 1 saturated heterocycles. The number of fused-ring (bicyclic) bond motifs is 4. The Morgan fingerprint density at radius 2 is 1.68 bits per heavy atom. The van der Waals surface area contributed by atoms with Gasteiger partial charge in [-0.05, 0) is 73.0 Å². The quantitative estimate of drug-likeness (QED) is 0.590. The number of carbonyl (C=O) groups excluding carboxylic acids is 1.